The molecule has 0 fully saturated rings. The second-order valence-electron chi connectivity index (χ2n) is 5.02. The van der Waals surface area contributed by atoms with E-state index in [9.17, 15) is 9.59 Å². The molecule has 0 radical (unpaired) electrons. The van der Waals surface area contributed by atoms with Crippen LogP contribution in [-0.2, 0) is 14.3 Å². The van der Waals surface area contributed by atoms with Crippen molar-refractivity contribution in [3.05, 3.63) is 11.6 Å². The molecule has 0 amide bonds. The molecule has 0 aliphatic carbocycles. The van der Waals surface area contributed by atoms with Gasteiger partial charge in [-0.15, -0.1) is 0 Å². The molecule has 4 heteroatoms. The molecule has 0 saturated heterocycles. The quantitative estimate of drug-likeness (QED) is 0.333. The fraction of sp³-hybridized carbons (Fsp3) is 0.750. The highest BCUT2D eigenvalue weighted by atomic mass is 16.5. The van der Waals surface area contributed by atoms with E-state index in [-0.39, 0.29) is 5.57 Å². The summed E-state index contributed by atoms with van der Waals surface area (Å²) >= 11 is 0. The van der Waals surface area contributed by atoms with Gasteiger partial charge in [-0.3, -0.25) is 0 Å². The van der Waals surface area contributed by atoms with Gasteiger partial charge in [0.2, 0.25) is 0 Å². The second kappa shape index (κ2) is 12.7. The van der Waals surface area contributed by atoms with Crippen LogP contribution in [-0.4, -0.2) is 23.7 Å². The Morgan fingerprint density at radius 3 is 2.15 bits per heavy atom. The fourth-order valence-corrected chi connectivity index (χ4v) is 1.88. The van der Waals surface area contributed by atoms with Gasteiger partial charge in [-0.05, 0) is 19.3 Å². The molecule has 0 bridgehead atoms. The van der Waals surface area contributed by atoms with Gasteiger partial charge in [0.1, 0.15) is 0 Å². The molecule has 0 unspecified atom stereocenters. The van der Waals surface area contributed by atoms with Crippen molar-refractivity contribution in [2.45, 2.75) is 71.6 Å². The SMILES string of the molecule is CCCCCCCC/C(=C/C(=O)O)C(=O)OCCCC. The number of rotatable bonds is 12. The minimum Gasteiger partial charge on any atom is -0.478 e. The lowest BCUT2D eigenvalue weighted by atomic mass is 10.0. The Labute approximate surface area is 122 Å². The van der Waals surface area contributed by atoms with Crippen LogP contribution in [0.2, 0.25) is 0 Å². The molecule has 0 rings (SSSR count). The van der Waals surface area contributed by atoms with E-state index in [1.807, 2.05) is 6.92 Å². The number of carboxylic acid groups (broad SMARTS) is 1. The zero-order valence-corrected chi connectivity index (χ0v) is 12.8. The number of hydrogen-bond donors (Lipinski definition) is 1. The van der Waals surface area contributed by atoms with Crippen LogP contribution in [0.25, 0.3) is 0 Å². The highest BCUT2D eigenvalue weighted by Gasteiger charge is 2.12. The first-order chi connectivity index (χ1) is 9.61. The van der Waals surface area contributed by atoms with E-state index in [4.69, 9.17) is 9.84 Å². The number of aliphatic carboxylic acids is 1. The van der Waals surface area contributed by atoms with Crippen molar-refractivity contribution < 1.29 is 19.4 Å². The molecule has 0 saturated carbocycles. The predicted molar refractivity (Wildman–Crippen MR) is 79.6 cm³/mol. The summed E-state index contributed by atoms with van der Waals surface area (Å²) in [4.78, 5) is 22.5. The summed E-state index contributed by atoms with van der Waals surface area (Å²) in [6.07, 6.45) is 9.87. The second-order valence-corrected chi connectivity index (χ2v) is 5.02. The standard InChI is InChI=1S/C16H28O4/c1-3-5-7-8-9-10-11-14(13-15(17)18)16(19)20-12-6-4-2/h13H,3-12H2,1-2H3,(H,17,18)/b14-13-. The van der Waals surface area contributed by atoms with Crippen molar-refractivity contribution in [1.29, 1.82) is 0 Å². The van der Waals surface area contributed by atoms with Gasteiger partial charge >= 0.3 is 11.9 Å². The number of unbranched alkanes of at least 4 members (excludes halogenated alkanes) is 6. The van der Waals surface area contributed by atoms with Gasteiger partial charge in [0.15, 0.2) is 0 Å². The first-order valence-corrected chi connectivity index (χ1v) is 7.72. The number of carbonyl (C=O) groups excluding carboxylic acids is 1. The van der Waals surface area contributed by atoms with E-state index in [0.29, 0.717) is 13.0 Å². The van der Waals surface area contributed by atoms with Gasteiger partial charge < -0.3 is 9.84 Å². The van der Waals surface area contributed by atoms with E-state index in [0.717, 1.165) is 38.2 Å². The molecular formula is C16H28O4. The summed E-state index contributed by atoms with van der Waals surface area (Å²) in [7, 11) is 0. The Kier molecular flexibility index (Phi) is 11.9. The third-order valence-corrected chi connectivity index (χ3v) is 3.09. The Bertz CT molecular complexity index is 308. The maximum atomic E-state index is 11.8. The van der Waals surface area contributed by atoms with Crippen LogP contribution < -0.4 is 0 Å². The van der Waals surface area contributed by atoms with Crippen LogP contribution in [0.1, 0.15) is 71.6 Å². The summed E-state index contributed by atoms with van der Waals surface area (Å²) in [5.74, 6) is -1.56. The average molecular weight is 284 g/mol. The minimum absolute atomic E-state index is 0.282. The van der Waals surface area contributed by atoms with E-state index in [1.54, 1.807) is 0 Å². The predicted octanol–water partition coefficient (Wildman–Crippen LogP) is 4.09. The fourth-order valence-electron chi connectivity index (χ4n) is 1.88. The molecule has 0 heterocycles. The van der Waals surface area contributed by atoms with Crippen molar-refractivity contribution in [2.24, 2.45) is 0 Å². The number of esters is 1. The summed E-state index contributed by atoms with van der Waals surface area (Å²) in [5.41, 5.74) is 0.282. The molecule has 0 atom stereocenters. The van der Waals surface area contributed by atoms with Crippen LogP contribution in [0.15, 0.2) is 11.6 Å². The van der Waals surface area contributed by atoms with E-state index in [2.05, 4.69) is 6.92 Å². The van der Waals surface area contributed by atoms with Gasteiger partial charge in [0.05, 0.1) is 6.61 Å². The third-order valence-electron chi connectivity index (χ3n) is 3.09. The number of ether oxygens (including phenoxy) is 1. The van der Waals surface area contributed by atoms with Crippen LogP contribution in [0, 0.1) is 0 Å². The van der Waals surface area contributed by atoms with Crippen LogP contribution in [0.5, 0.6) is 0 Å². The normalized spacial score (nSPS) is 11.4. The van der Waals surface area contributed by atoms with Crippen molar-refractivity contribution in [3.8, 4) is 0 Å². The number of carbonyl (C=O) groups is 2. The lowest BCUT2D eigenvalue weighted by molar-refractivity contribution is -0.140. The third kappa shape index (κ3) is 10.6. The number of carboxylic acids is 1. The molecule has 0 spiro atoms. The van der Waals surface area contributed by atoms with Crippen LogP contribution in [0.4, 0.5) is 0 Å². The molecule has 0 aliphatic heterocycles. The van der Waals surface area contributed by atoms with E-state index >= 15 is 0 Å². The maximum absolute atomic E-state index is 11.8. The Morgan fingerprint density at radius 2 is 1.55 bits per heavy atom. The van der Waals surface area contributed by atoms with Gasteiger partial charge in [0, 0.05) is 11.6 Å². The zero-order valence-electron chi connectivity index (χ0n) is 12.8. The lowest BCUT2D eigenvalue weighted by Crippen LogP contribution is -2.11. The Morgan fingerprint density at radius 1 is 0.950 bits per heavy atom. The zero-order chi connectivity index (χ0) is 15.2. The summed E-state index contributed by atoms with van der Waals surface area (Å²) < 4.78 is 5.07. The molecule has 0 aromatic carbocycles. The first kappa shape index (κ1) is 18.7. The summed E-state index contributed by atoms with van der Waals surface area (Å²) in [6.45, 7) is 4.54. The highest BCUT2D eigenvalue weighted by Crippen LogP contribution is 2.13. The van der Waals surface area contributed by atoms with Crippen molar-refractivity contribution in [2.75, 3.05) is 6.61 Å². The van der Waals surface area contributed by atoms with Gasteiger partial charge in [-0.25, -0.2) is 9.59 Å². The lowest BCUT2D eigenvalue weighted by Gasteiger charge is -2.07. The Hall–Kier alpha value is -1.32. The molecule has 0 aromatic heterocycles. The molecule has 116 valence electrons. The van der Waals surface area contributed by atoms with Crippen molar-refractivity contribution >= 4 is 11.9 Å². The molecule has 20 heavy (non-hydrogen) atoms. The molecular weight excluding hydrogens is 256 g/mol. The van der Waals surface area contributed by atoms with Crippen molar-refractivity contribution in [1.82, 2.24) is 0 Å². The van der Waals surface area contributed by atoms with E-state index in [1.165, 1.54) is 19.3 Å². The molecule has 1 N–H and O–H groups in total. The topological polar surface area (TPSA) is 63.6 Å². The molecule has 0 aromatic rings. The van der Waals surface area contributed by atoms with E-state index < -0.39 is 11.9 Å². The van der Waals surface area contributed by atoms with Gasteiger partial charge in [-0.1, -0.05) is 52.4 Å². The molecule has 0 aliphatic rings. The first-order valence-electron chi connectivity index (χ1n) is 7.72. The smallest absolute Gasteiger partial charge is 0.334 e. The van der Waals surface area contributed by atoms with Crippen molar-refractivity contribution in [3.63, 3.8) is 0 Å². The summed E-state index contributed by atoms with van der Waals surface area (Å²) in [5, 5.41) is 8.79. The minimum atomic E-state index is -1.08. The van der Waals surface area contributed by atoms with Crippen LogP contribution in [0.3, 0.4) is 0 Å². The monoisotopic (exact) mass is 284 g/mol. The maximum Gasteiger partial charge on any atom is 0.334 e. The molecule has 4 nitrogen and oxygen atoms in total. The number of hydrogen-bond acceptors (Lipinski definition) is 3. The largest absolute Gasteiger partial charge is 0.478 e. The Balaban J connectivity index is 4.09. The van der Waals surface area contributed by atoms with Gasteiger partial charge in [-0.2, -0.15) is 0 Å². The highest BCUT2D eigenvalue weighted by molar-refractivity contribution is 5.95. The average Bonchev–Trinajstić information content (AvgIpc) is 2.41. The van der Waals surface area contributed by atoms with Crippen LogP contribution >= 0.6 is 0 Å². The summed E-state index contributed by atoms with van der Waals surface area (Å²) in [6, 6.07) is 0. The van der Waals surface area contributed by atoms with Gasteiger partial charge in [0.25, 0.3) is 0 Å².